The first kappa shape index (κ1) is 14.5. The lowest BCUT2D eigenvalue weighted by atomic mass is 10.1. The summed E-state index contributed by atoms with van der Waals surface area (Å²) in [7, 11) is 0. The summed E-state index contributed by atoms with van der Waals surface area (Å²) in [6.07, 6.45) is 10.3. The van der Waals surface area contributed by atoms with Gasteiger partial charge in [-0.15, -0.1) is 0 Å². The predicted molar refractivity (Wildman–Crippen MR) is 65.7 cm³/mol. The molecule has 0 aromatic carbocycles. The zero-order valence-electron chi connectivity index (χ0n) is 10.4. The number of hydrogen-bond acceptors (Lipinski definition) is 2. The summed E-state index contributed by atoms with van der Waals surface area (Å²) in [6, 6.07) is 2.38. The third kappa shape index (κ3) is 9.75. The molecule has 0 aliphatic rings. The molecule has 0 saturated heterocycles. The van der Waals surface area contributed by atoms with Crippen LogP contribution in [0.4, 0.5) is 0 Å². The van der Waals surface area contributed by atoms with E-state index < -0.39 is 0 Å². The number of unbranched alkanes of at least 4 members (excludes halogenated alkanes) is 6. The van der Waals surface area contributed by atoms with Gasteiger partial charge in [-0.05, 0) is 13.0 Å². The largest absolute Gasteiger partial charge is 0.302 e. The molecule has 0 aromatic heterocycles. The molecule has 1 unspecified atom stereocenters. The second kappa shape index (κ2) is 11.5. The van der Waals surface area contributed by atoms with Gasteiger partial charge in [0.25, 0.3) is 0 Å². The van der Waals surface area contributed by atoms with E-state index >= 15 is 0 Å². The Morgan fingerprint density at radius 1 is 1.00 bits per heavy atom. The molecule has 2 nitrogen and oxygen atoms in total. The summed E-state index contributed by atoms with van der Waals surface area (Å²) in [4.78, 5) is 0. The van der Waals surface area contributed by atoms with Crippen molar-refractivity contribution in [2.24, 2.45) is 0 Å². The Bertz CT molecular complexity index is 160. The number of nitrogens with one attached hydrogen (secondary N) is 1. The monoisotopic (exact) mass is 210 g/mol. The molecule has 0 spiro atoms. The van der Waals surface area contributed by atoms with E-state index in [0.717, 1.165) is 13.0 Å². The maximum Gasteiger partial charge on any atom is 0.0952 e. The van der Waals surface area contributed by atoms with Gasteiger partial charge in [-0.1, -0.05) is 58.8 Å². The van der Waals surface area contributed by atoms with Crippen LogP contribution in [-0.4, -0.2) is 12.6 Å². The topological polar surface area (TPSA) is 35.8 Å². The first-order chi connectivity index (χ1) is 7.35. The van der Waals surface area contributed by atoms with Gasteiger partial charge in [0.05, 0.1) is 12.1 Å². The molecule has 0 aliphatic heterocycles. The molecule has 0 rings (SSSR count). The van der Waals surface area contributed by atoms with Crippen LogP contribution in [0.3, 0.4) is 0 Å². The maximum absolute atomic E-state index is 8.82. The standard InChI is InChI=1S/C13H26N2/c1-3-5-6-7-8-9-10-11-13(12-14)15-4-2/h13,15H,3-11H2,1-2H3. The number of nitrogens with zero attached hydrogens (tertiary/aromatic N) is 1. The highest BCUT2D eigenvalue weighted by atomic mass is 14.9. The zero-order chi connectivity index (χ0) is 11.4. The minimum atomic E-state index is 0.0747. The fourth-order valence-corrected chi connectivity index (χ4v) is 1.76. The summed E-state index contributed by atoms with van der Waals surface area (Å²) in [5.41, 5.74) is 0. The van der Waals surface area contributed by atoms with E-state index in [-0.39, 0.29) is 6.04 Å². The van der Waals surface area contributed by atoms with Crippen LogP contribution in [-0.2, 0) is 0 Å². The normalized spacial score (nSPS) is 12.3. The van der Waals surface area contributed by atoms with Crippen molar-refractivity contribution in [1.29, 1.82) is 5.26 Å². The summed E-state index contributed by atoms with van der Waals surface area (Å²) in [5.74, 6) is 0. The van der Waals surface area contributed by atoms with Crippen LogP contribution < -0.4 is 5.32 Å². The van der Waals surface area contributed by atoms with Crippen molar-refractivity contribution < 1.29 is 0 Å². The highest BCUT2D eigenvalue weighted by Gasteiger charge is 2.03. The lowest BCUT2D eigenvalue weighted by molar-refractivity contribution is 0.521. The van der Waals surface area contributed by atoms with Gasteiger partial charge in [0.2, 0.25) is 0 Å². The van der Waals surface area contributed by atoms with Gasteiger partial charge in [0, 0.05) is 0 Å². The summed E-state index contributed by atoms with van der Waals surface area (Å²) < 4.78 is 0. The van der Waals surface area contributed by atoms with Crippen LogP contribution in [0.25, 0.3) is 0 Å². The highest BCUT2D eigenvalue weighted by molar-refractivity contribution is 4.88. The quantitative estimate of drug-likeness (QED) is 0.559. The average Bonchev–Trinajstić information content (AvgIpc) is 2.26. The van der Waals surface area contributed by atoms with E-state index in [1.165, 1.54) is 44.9 Å². The molecule has 0 aromatic rings. The number of hydrogen-bond donors (Lipinski definition) is 1. The van der Waals surface area contributed by atoms with Crippen LogP contribution >= 0.6 is 0 Å². The lowest BCUT2D eigenvalue weighted by Crippen LogP contribution is -2.26. The molecule has 0 aliphatic carbocycles. The minimum absolute atomic E-state index is 0.0747. The third-order valence-corrected chi connectivity index (χ3v) is 2.70. The summed E-state index contributed by atoms with van der Waals surface area (Å²) >= 11 is 0. The van der Waals surface area contributed by atoms with Crippen LogP contribution in [0, 0.1) is 11.3 Å². The average molecular weight is 210 g/mol. The van der Waals surface area contributed by atoms with E-state index in [2.05, 4.69) is 25.2 Å². The Hall–Kier alpha value is -0.550. The van der Waals surface area contributed by atoms with Crippen molar-refractivity contribution in [3.63, 3.8) is 0 Å². The van der Waals surface area contributed by atoms with E-state index in [1.807, 2.05) is 0 Å². The molecule has 1 atom stereocenters. The zero-order valence-corrected chi connectivity index (χ0v) is 10.4. The Kier molecular flexibility index (Phi) is 11.1. The maximum atomic E-state index is 8.82. The molecule has 2 heteroatoms. The van der Waals surface area contributed by atoms with Crippen LogP contribution in [0.15, 0.2) is 0 Å². The third-order valence-electron chi connectivity index (χ3n) is 2.70. The van der Waals surface area contributed by atoms with E-state index in [0.29, 0.717) is 0 Å². The van der Waals surface area contributed by atoms with Crippen molar-refractivity contribution in [3.8, 4) is 6.07 Å². The van der Waals surface area contributed by atoms with Crippen molar-refractivity contribution >= 4 is 0 Å². The molecule has 0 saturated carbocycles. The SMILES string of the molecule is CCCCCCCCCC(C#N)NCC. The van der Waals surface area contributed by atoms with Gasteiger partial charge in [0.1, 0.15) is 0 Å². The van der Waals surface area contributed by atoms with Crippen molar-refractivity contribution in [3.05, 3.63) is 0 Å². The molecular formula is C13H26N2. The summed E-state index contributed by atoms with van der Waals surface area (Å²) in [6.45, 7) is 5.19. The number of nitriles is 1. The Morgan fingerprint density at radius 2 is 1.60 bits per heavy atom. The molecule has 88 valence electrons. The van der Waals surface area contributed by atoms with E-state index in [9.17, 15) is 0 Å². The predicted octanol–water partition coefficient (Wildman–Crippen LogP) is 3.63. The van der Waals surface area contributed by atoms with E-state index in [1.54, 1.807) is 0 Å². The van der Waals surface area contributed by atoms with Gasteiger partial charge in [0.15, 0.2) is 0 Å². The Morgan fingerprint density at radius 3 is 2.13 bits per heavy atom. The fraction of sp³-hybridized carbons (Fsp3) is 0.923. The van der Waals surface area contributed by atoms with Gasteiger partial charge >= 0.3 is 0 Å². The Balaban J connectivity index is 3.19. The van der Waals surface area contributed by atoms with Crippen molar-refractivity contribution in [2.75, 3.05) is 6.54 Å². The molecule has 0 fully saturated rings. The first-order valence-corrected chi connectivity index (χ1v) is 6.48. The van der Waals surface area contributed by atoms with Crippen molar-refractivity contribution in [1.82, 2.24) is 5.32 Å². The Labute approximate surface area is 95.1 Å². The van der Waals surface area contributed by atoms with Gasteiger partial charge < -0.3 is 5.32 Å². The molecule has 15 heavy (non-hydrogen) atoms. The molecular weight excluding hydrogens is 184 g/mol. The summed E-state index contributed by atoms with van der Waals surface area (Å²) in [5, 5.41) is 12.0. The van der Waals surface area contributed by atoms with Crippen LogP contribution in [0.1, 0.15) is 65.2 Å². The van der Waals surface area contributed by atoms with Gasteiger partial charge in [-0.2, -0.15) is 5.26 Å². The molecule has 0 radical (unpaired) electrons. The fourth-order valence-electron chi connectivity index (χ4n) is 1.76. The minimum Gasteiger partial charge on any atom is -0.302 e. The molecule has 0 heterocycles. The second-order valence-corrected chi connectivity index (χ2v) is 4.15. The first-order valence-electron chi connectivity index (χ1n) is 6.48. The molecule has 0 bridgehead atoms. The smallest absolute Gasteiger partial charge is 0.0952 e. The number of rotatable bonds is 10. The lowest BCUT2D eigenvalue weighted by Gasteiger charge is -2.08. The molecule has 0 amide bonds. The van der Waals surface area contributed by atoms with E-state index in [4.69, 9.17) is 5.26 Å². The van der Waals surface area contributed by atoms with Gasteiger partial charge in [-0.3, -0.25) is 0 Å². The van der Waals surface area contributed by atoms with Crippen LogP contribution in [0.2, 0.25) is 0 Å². The van der Waals surface area contributed by atoms with Crippen LogP contribution in [0.5, 0.6) is 0 Å². The molecule has 1 N–H and O–H groups in total. The van der Waals surface area contributed by atoms with Gasteiger partial charge in [-0.25, -0.2) is 0 Å². The van der Waals surface area contributed by atoms with Crippen molar-refractivity contribution in [2.45, 2.75) is 71.3 Å². The second-order valence-electron chi connectivity index (χ2n) is 4.15. The highest BCUT2D eigenvalue weighted by Crippen LogP contribution is 2.09.